The van der Waals surface area contributed by atoms with Gasteiger partial charge in [-0.15, -0.1) is 0 Å². The van der Waals surface area contributed by atoms with E-state index in [2.05, 4.69) is 20.4 Å². The van der Waals surface area contributed by atoms with Crippen molar-refractivity contribution in [3.63, 3.8) is 0 Å². The number of anilines is 1. The Hall–Kier alpha value is -2.57. The van der Waals surface area contributed by atoms with Crippen LogP contribution in [-0.4, -0.2) is 25.7 Å². The molecular formula is C13H13N5O2. The van der Waals surface area contributed by atoms with E-state index >= 15 is 0 Å². The number of amides is 1. The molecule has 0 spiro atoms. The van der Waals surface area contributed by atoms with E-state index in [1.165, 1.54) is 29.3 Å². The molecule has 1 aliphatic rings. The zero-order valence-corrected chi connectivity index (χ0v) is 10.7. The Morgan fingerprint density at radius 2 is 2.20 bits per heavy atom. The van der Waals surface area contributed by atoms with Gasteiger partial charge in [-0.05, 0) is 18.9 Å². The van der Waals surface area contributed by atoms with Crippen molar-refractivity contribution in [3.05, 3.63) is 46.8 Å². The molecule has 1 saturated carbocycles. The Kier molecular flexibility index (Phi) is 3.24. The number of rotatable bonds is 4. The molecule has 3 rings (SSSR count). The van der Waals surface area contributed by atoms with Gasteiger partial charge in [0.1, 0.15) is 6.54 Å². The smallest absolute Gasteiger partial charge is 0.267 e. The second-order valence-corrected chi connectivity index (χ2v) is 4.67. The van der Waals surface area contributed by atoms with Crippen molar-refractivity contribution in [1.82, 2.24) is 19.7 Å². The molecule has 20 heavy (non-hydrogen) atoms. The van der Waals surface area contributed by atoms with Gasteiger partial charge in [-0.1, -0.05) is 0 Å². The molecule has 0 atom stereocenters. The first kappa shape index (κ1) is 12.5. The van der Waals surface area contributed by atoms with Gasteiger partial charge in [0, 0.05) is 24.4 Å². The largest absolute Gasteiger partial charge is 0.308 e. The molecule has 2 heterocycles. The third-order valence-corrected chi connectivity index (χ3v) is 3.01. The van der Waals surface area contributed by atoms with Crippen LogP contribution in [0.5, 0.6) is 0 Å². The summed E-state index contributed by atoms with van der Waals surface area (Å²) >= 11 is 0. The maximum Gasteiger partial charge on any atom is 0.267 e. The number of nitrogens with one attached hydrogen (secondary N) is 1. The lowest BCUT2D eigenvalue weighted by Crippen LogP contribution is -2.29. The monoisotopic (exact) mass is 271 g/mol. The maximum absolute atomic E-state index is 11.9. The zero-order valence-electron chi connectivity index (χ0n) is 10.7. The molecule has 1 amide bonds. The summed E-state index contributed by atoms with van der Waals surface area (Å²) in [4.78, 5) is 31.3. The van der Waals surface area contributed by atoms with Crippen molar-refractivity contribution in [3.8, 4) is 0 Å². The van der Waals surface area contributed by atoms with Crippen LogP contribution in [0.15, 0.2) is 35.5 Å². The van der Waals surface area contributed by atoms with Crippen molar-refractivity contribution >= 4 is 11.7 Å². The molecule has 0 aromatic carbocycles. The van der Waals surface area contributed by atoms with Crippen molar-refractivity contribution in [2.45, 2.75) is 25.3 Å². The minimum atomic E-state index is -0.354. The second kappa shape index (κ2) is 5.20. The van der Waals surface area contributed by atoms with Gasteiger partial charge >= 0.3 is 0 Å². The summed E-state index contributed by atoms with van der Waals surface area (Å²) in [6, 6.07) is 3.19. The van der Waals surface area contributed by atoms with E-state index in [-0.39, 0.29) is 18.0 Å². The fourth-order valence-corrected chi connectivity index (χ4v) is 1.86. The van der Waals surface area contributed by atoms with Crippen molar-refractivity contribution < 1.29 is 4.79 Å². The molecule has 1 aliphatic carbocycles. The predicted octanol–water partition coefficient (Wildman–Crippen LogP) is 0.549. The minimum absolute atomic E-state index is 0.129. The van der Waals surface area contributed by atoms with Gasteiger partial charge in [-0.25, -0.2) is 9.67 Å². The minimum Gasteiger partial charge on any atom is -0.308 e. The summed E-state index contributed by atoms with van der Waals surface area (Å²) in [5, 5.41) is 6.79. The fraction of sp³-hybridized carbons (Fsp3) is 0.308. The molecule has 0 radical (unpaired) electrons. The number of carbonyl (C=O) groups excluding carboxylic acids is 1. The van der Waals surface area contributed by atoms with Gasteiger partial charge in [-0.3, -0.25) is 14.6 Å². The lowest BCUT2D eigenvalue weighted by atomic mass is 10.3. The van der Waals surface area contributed by atoms with Crippen LogP contribution in [0.25, 0.3) is 0 Å². The molecule has 2 aromatic heterocycles. The Bertz CT molecular complexity index is 679. The summed E-state index contributed by atoms with van der Waals surface area (Å²) in [6.07, 6.45) is 6.62. The van der Waals surface area contributed by atoms with E-state index in [4.69, 9.17) is 0 Å². The SMILES string of the molecule is O=C(Cn1nc(C2CC2)ccc1=O)Nc1cnccn1. The fourth-order valence-electron chi connectivity index (χ4n) is 1.86. The van der Waals surface area contributed by atoms with E-state index in [0.29, 0.717) is 11.7 Å². The average Bonchev–Trinajstić information content (AvgIpc) is 3.27. The Balaban J connectivity index is 1.72. The molecule has 2 aromatic rings. The van der Waals surface area contributed by atoms with Crippen LogP contribution in [0.3, 0.4) is 0 Å². The van der Waals surface area contributed by atoms with E-state index in [0.717, 1.165) is 18.5 Å². The highest BCUT2D eigenvalue weighted by molar-refractivity contribution is 5.89. The lowest BCUT2D eigenvalue weighted by molar-refractivity contribution is -0.117. The van der Waals surface area contributed by atoms with Crippen molar-refractivity contribution in [2.24, 2.45) is 0 Å². The quantitative estimate of drug-likeness (QED) is 0.877. The van der Waals surface area contributed by atoms with E-state index in [1.54, 1.807) is 6.07 Å². The standard InChI is InChI=1S/C13H13N5O2/c19-12(16-11-7-14-5-6-15-11)8-18-13(20)4-3-10(17-18)9-1-2-9/h3-7,9H,1-2,8H2,(H,15,16,19). The number of hydrogen-bond acceptors (Lipinski definition) is 5. The third-order valence-electron chi connectivity index (χ3n) is 3.01. The van der Waals surface area contributed by atoms with E-state index in [1.807, 2.05) is 0 Å². The van der Waals surface area contributed by atoms with Crippen molar-refractivity contribution in [2.75, 3.05) is 5.32 Å². The summed E-state index contributed by atoms with van der Waals surface area (Å²) in [5.41, 5.74) is 0.584. The highest BCUT2D eigenvalue weighted by atomic mass is 16.2. The van der Waals surface area contributed by atoms with Gasteiger partial charge in [-0.2, -0.15) is 5.10 Å². The molecule has 7 nitrogen and oxygen atoms in total. The lowest BCUT2D eigenvalue weighted by Gasteiger charge is -2.06. The number of hydrogen-bond donors (Lipinski definition) is 1. The van der Waals surface area contributed by atoms with Crippen LogP contribution < -0.4 is 10.9 Å². The summed E-state index contributed by atoms with van der Waals surface area (Å²) < 4.78 is 1.18. The average molecular weight is 271 g/mol. The summed E-state index contributed by atoms with van der Waals surface area (Å²) in [6.45, 7) is -0.129. The van der Waals surface area contributed by atoms with Crippen molar-refractivity contribution in [1.29, 1.82) is 0 Å². The number of carbonyl (C=O) groups is 1. The molecule has 102 valence electrons. The Morgan fingerprint density at radius 1 is 1.35 bits per heavy atom. The van der Waals surface area contributed by atoms with Gasteiger partial charge in [0.2, 0.25) is 5.91 Å². The van der Waals surface area contributed by atoms with E-state index < -0.39 is 0 Å². The Labute approximate surface area is 114 Å². The first-order chi connectivity index (χ1) is 9.72. The van der Waals surface area contributed by atoms with Crippen LogP contribution in [0.4, 0.5) is 5.82 Å². The van der Waals surface area contributed by atoms with Gasteiger partial charge in [0.05, 0.1) is 11.9 Å². The van der Waals surface area contributed by atoms with E-state index in [9.17, 15) is 9.59 Å². The third kappa shape index (κ3) is 2.87. The Morgan fingerprint density at radius 3 is 2.90 bits per heavy atom. The molecule has 1 N–H and O–H groups in total. The molecule has 0 aliphatic heterocycles. The molecule has 0 bridgehead atoms. The molecule has 0 unspecified atom stereocenters. The molecular weight excluding hydrogens is 258 g/mol. The van der Waals surface area contributed by atoms with Gasteiger partial charge in [0.25, 0.3) is 5.56 Å². The predicted molar refractivity (Wildman–Crippen MR) is 71.1 cm³/mol. The molecule has 7 heteroatoms. The van der Waals surface area contributed by atoms with Crippen LogP contribution in [0.1, 0.15) is 24.5 Å². The highest BCUT2D eigenvalue weighted by Gasteiger charge is 2.25. The zero-order chi connectivity index (χ0) is 13.9. The highest BCUT2D eigenvalue weighted by Crippen LogP contribution is 2.38. The maximum atomic E-state index is 11.9. The second-order valence-electron chi connectivity index (χ2n) is 4.67. The van der Waals surface area contributed by atoms with Crippen LogP contribution in [-0.2, 0) is 11.3 Å². The number of aromatic nitrogens is 4. The first-order valence-corrected chi connectivity index (χ1v) is 6.36. The van der Waals surface area contributed by atoms with Gasteiger partial charge < -0.3 is 5.32 Å². The summed E-state index contributed by atoms with van der Waals surface area (Å²) in [7, 11) is 0. The first-order valence-electron chi connectivity index (χ1n) is 6.36. The normalized spacial score (nSPS) is 14.0. The number of nitrogens with zero attached hydrogens (tertiary/aromatic N) is 4. The van der Waals surface area contributed by atoms with Crippen LogP contribution in [0.2, 0.25) is 0 Å². The van der Waals surface area contributed by atoms with Crippen LogP contribution >= 0.6 is 0 Å². The van der Waals surface area contributed by atoms with Gasteiger partial charge in [0.15, 0.2) is 5.82 Å². The molecule has 1 fully saturated rings. The van der Waals surface area contributed by atoms with Crippen LogP contribution in [0, 0.1) is 0 Å². The molecule has 0 saturated heterocycles. The summed E-state index contributed by atoms with van der Waals surface area (Å²) in [5.74, 6) is 0.432. The topological polar surface area (TPSA) is 89.8 Å².